The normalized spacial score (nSPS) is 17.3. The van der Waals surface area contributed by atoms with Gasteiger partial charge in [0.05, 0.1) is 12.3 Å². The fourth-order valence-electron chi connectivity index (χ4n) is 3.10. The van der Waals surface area contributed by atoms with Gasteiger partial charge in [-0.25, -0.2) is 8.42 Å². The van der Waals surface area contributed by atoms with Crippen LogP contribution in [0.4, 0.5) is 5.69 Å². The molecule has 1 fully saturated rings. The number of piperidine rings is 1. The molecule has 7 nitrogen and oxygen atoms in total. The van der Waals surface area contributed by atoms with Crippen LogP contribution >= 0.6 is 0 Å². The van der Waals surface area contributed by atoms with Crippen LogP contribution in [0.15, 0.2) is 30.3 Å². The lowest BCUT2D eigenvalue weighted by Crippen LogP contribution is -2.49. The van der Waals surface area contributed by atoms with Crippen molar-refractivity contribution in [3.8, 4) is 0 Å². The number of carbonyl (C=O) groups is 2. The van der Waals surface area contributed by atoms with E-state index in [-0.39, 0.29) is 17.7 Å². The molecule has 2 rings (SSSR count). The largest absolute Gasteiger partial charge is 0.352 e. The van der Waals surface area contributed by atoms with Crippen molar-refractivity contribution in [2.24, 2.45) is 0 Å². The zero-order valence-corrected chi connectivity index (χ0v) is 16.8. The highest BCUT2D eigenvalue weighted by Gasteiger charge is 2.30. The van der Waals surface area contributed by atoms with Gasteiger partial charge in [0.2, 0.25) is 11.8 Å². The number of nitrogens with one attached hydrogen (secondary N) is 2. The molecule has 1 aromatic rings. The molecule has 0 saturated carbocycles. The maximum absolute atomic E-state index is 12.2. The van der Waals surface area contributed by atoms with E-state index in [1.807, 2.05) is 35.2 Å². The Balaban J connectivity index is 1.75. The van der Waals surface area contributed by atoms with Crippen LogP contribution in [0.25, 0.3) is 0 Å². The minimum Gasteiger partial charge on any atom is -0.352 e. The summed E-state index contributed by atoms with van der Waals surface area (Å²) in [6.45, 7) is 4.90. The highest BCUT2D eigenvalue weighted by atomic mass is 32.2. The predicted molar refractivity (Wildman–Crippen MR) is 106 cm³/mol. The topological polar surface area (TPSA) is 95.6 Å². The lowest BCUT2D eigenvalue weighted by atomic mass is 10.0. The standard InChI is InChI=1S/C19H29N3O4S/c1-3-13-27(25,26)15(2)19(24)21-17-9-11-22(12-10-17)14-18(23)20-16-7-5-4-6-8-16/h4-8,15,17H,3,9-14H2,1-2H3,(H,20,23)(H,21,24). The van der Waals surface area contributed by atoms with Gasteiger partial charge in [0.1, 0.15) is 5.25 Å². The van der Waals surface area contributed by atoms with Crippen LogP contribution in [0, 0.1) is 0 Å². The van der Waals surface area contributed by atoms with Gasteiger partial charge >= 0.3 is 0 Å². The first-order valence-electron chi connectivity index (χ1n) is 9.41. The fourth-order valence-corrected chi connectivity index (χ4v) is 4.42. The molecule has 1 aliphatic heterocycles. The van der Waals surface area contributed by atoms with Crippen molar-refractivity contribution in [2.45, 2.75) is 44.4 Å². The van der Waals surface area contributed by atoms with Crippen molar-refractivity contribution in [1.29, 1.82) is 0 Å². The Morgan fingerprint density at radius 1 is 1.19 bits per heavy atom. The number of hydrogen-bond donors (Lipinski definition) is 2. The first-order chi connectivity index (χ1) is 12.8. The summed E-state index contributed by atoms with van der Waals surface area (Å²) in [7, 11) is -3.39. The second-order valence-corrected chi connectivity index (χ2v) is 9.42. The van der Waals surface area contributed by atoms with Crippen molar-refractivity contribution < 1.29 is 18.0 Å². The van der Waals surface area contributed by atoms with Gasteiger partial charge in [0.25, 0.3) is 0 Å². The Labute approximate surface area is 161 Å². The number of anilines is 1. The molecule has 1 atom stereocenters. The number of nitrogens with zero attached hydrogens (tertiary/aromatic N) is 1. The van der Waals surface area contributed by atoms with E-state index in [0.29, 0.717) is 38.9 Å². The van der Waals surface area contributed by atoms with Gasteiger partial charge in [-0.15, -0.1) is 0 Å². The van der Waals surface area contributed by atoms with Crippen molar-refractivity contribution in [1.82, 2.24) is 10.2 Å². The monoisotopic (exact) mass is 395 g/mol. The summed E-state index contributed by atoms with van der Waals surface area (Å²) >= 11 is 0. The van der Waals surface area contributed by atoms with E-state index >= 15 is 0 Å². The third-order valence-corrected chi connectivity index (χ3v) is 7.02. The molecular formula is C19H29N3O4S. The van der Waals surface area contributed by atoms with Gasteiger partial charge in [0, 0.05) is 24.8 Å². The van der Waals surface area contributed by atoms with Crippen molar-refractivity contribution in [2.75, 3.05) is 30.7 Å². The molecule has 0 radical (unpaired) electrons. The maximum atomic E-state index is 12.2. The molecule has 0 aliphatic carbocycles. The van der Waals surface area contributed by atoms with Crippen LogP contribution in [0.2, 0.25) is 0 Å². The van der Waals surface area contributed by atoms with Crippen molar-refractivity contribution >= 4 is 27.3 Å². The zero-order valence-electron chi connectivity index (χ0n) is 16.0. The van der Waals surface area contributed by atoms with E-state index in [9.17, 15) is 18.0 Å². The average Bonchev–Trinajstić information content (AvgIpc) is 2.63. The molecule has 8 heteroatoms. The van der Waals surface area contributed by atoms with Crippen LogP contribution in [-0.2, 0) is 19.4 Å². The summed E-state index contributed by atoms with van der Waals surface area (Å²) in [5, 5.41) is 4.69. The Morgan fingerprint density at radius 3 is 2.41 bits per heavy atom. The zero-order chi connectivity index (χ0) is 19.9. The highest BCUT2D eigenvalue weighted by molar-refractivity contribution is 7.92. The van der Waals surface area contributed by atoms with Gasteiger partial charge in [-0.05, 0) is 38.3 Å². The molecule has 1 unspecified atom stereocenters. The lowest BCUT2D eigenvalue weighted by molar-refractivity contribution is -0.122. The Bertz CT molecular complexity index is 729. The molecule has 2 N–H and O–H groups in total. The third kappa shape index (κ3) is 6.62. The molecule has 1 saturated heterocycles. The minimum absolute atomic E-state index is 0.0244. The Morgan fingerprint density at radius 2 is 1.81 bits per heavy atom. The van der Waals surface area contributed by atoms with E-state index in [2.05, 4.69) is 10.6 Å². The van der Waals surface area contributed by atoms with E-state index in [0.717, 1.165) is 5.69 Å². The summed E-state index contributed by atoms with van der Waals surface area (Å²) < 4.78 is 24.0. The van der Waals surface area contributed by atoms with E-state index in [4.69, 9.17) is 0 Å². The molecule has 1 aromatic carbocycles. The molecule has 1 aliphatic rings. The number of hydrogen-bond acceptors (Lipinski definition) is 5. The van der Waals surface area contributed by atoms with Crippen LogP contribution in [0.3, 0.4) is 0 Å². The Hall–Kier alpha value is -1.93. The maximum Gasteiger partial charge on any atom is 0.238 e. The summed E-state index contributed by atoms with van der Waals surface area (Å²) in [5.74, 6) is -0.469. The van der Waals surface area contributed by atoms with Gasteiger partial charge in [0.15, 0.2) is 9.84 Å². The van der Waals surface area contributed by atoms with Crippen LogP contribution in [0.1, 0.15) is 33.1 Å². The molecule has 0 spiro atoms. The predicted octanol–water partition coefficient (Wildman–Crippen LogP) is 1.42. The molecule has 0 aromatic heterocycles. The van der Waals surface area contributed by atoms with Gasteiger partial charge in [-0.2, -0.15) is 0 Å². The molecule has 1 heterocycles. The number of likely N-dealkylation sites (tertiary alicyclic amines) is 1. The highest BCUT2D eigenvalue weighted by Crippen LogP contribution is 2.13. The summed E-state index contributed by atoms with van der Waals surface area (Å²) in [6.07, 6.45) is 1.90. The van der Waals surface area contributed by atoms with E-state index in [1.165, 1.54) is 6.92 Å². The smallest absolute Gasteiger partial charge is 0.238 e. The molecule has 0 bridgehead atoms. The second-order valence-electron chi connectivity index (χ2n) is 6.98. The SMILES string of the molecule is CCCS(=O)(=O)C(C)C(=O)NC1CCN(CC(=O)Nc2ccccc2)CC1. The number of amides is 2. The number of rotatable bonds is 8. The number of carbonyl (C=O) groups excluding carboxylic acids is 2. The molecule has 27 heavy (non-hydrogen) atoms. The van der Waals surface area contributed by atoms with Gasteiger partial charge in [-0.1, -0.05) is 25.1 Å². The number of benzene rings is 1. The van der Waals surface area contributed by atoms with Crippen molar-refractivity contribution in [3.05, 3.63) is 30.3 Å². The molecular weight excluding hydrogens is 366 g/mol. The van der Waals surface area contributed by atoms with E-state index in [1.54, 1.807) is 6.92 Å². The summed E-state index contributed by atoms with van der Waals surface area (Å²) in [4.78, 5) is 26.4. The van der Waals surface area contributed by atoms with Crippen molar-refractivity contribution in [3.63, 3.8) is 0 Å². The van der Waals surface area contributed by atoms with Crippen LogP contribution in [-0.4, -0.2) is 61.8 Å². The molecule has 2 amide bonds. The lowest BCUT2D eigenvalue weighted by Gasteiger charge is -2.32. The average molecular weight is 396 g/mol. The van der Waals surface area contributed by atoms with Crippen LogP contribution in [0.5, 0.6) is 0 Å². The summed E-state index contributed by atoms with van der Waals surface area (Å²) in [5.41, 5.74) is 0.770. The first-order valence-corrected chi connectivity index (χ1v) is 11.1. The fraction of sp³-hybridized carbons (Fsp3) is 0.579. The van der Waals surface area contributed by atoms with E-state index < -0.39 is 21.0 Å². The molecule has 150 valence electrons. The second kappa shape index (κ2) is 9.85. The Kier molecular flexibility index (Phi) is 7.79. The summed E-state index contributed by atoms with van der Waals surface area (Å²) in [6, 6.07) is 9.26. The minimum atomic E-state index is -3.39. The van der Waals surface area contributed by atoms with Crippen LogP contribution < -0.4 is 10.6 Å². The number of sulfone groups is 1. The van der Waals surface area contributed by atoms with Gasteiger partial charge in [-0.3, -0.25) is 14.5 Å². The first kappa shape index (κ1) is 21.4. The quantitative estimate of drug-likeness (QED) is 0.694. The third-order valence-electron chi connectivity index (χ3n) is 4.76. The van der Waals surface area contributed by atoms with Gasteiger partial charge < -0.3 is 10.6 Å². The number of para-hydroxylation sites is 1.